The highest BCUT2D eigenvalue weighted by molar-refractivity contribution is 6.07. The van der Waals surface area contributed by atoms with Crippen LogP contribution in [0.1, 0.15) is 32.6 Å². The van der Waals surface area contributed by atoms with Crippen LogP contribution in [0.4, 0.5) is 11.4 Å². The van der Waals surface area contributed by atoms with Crippen LogP contribution in [-0.4, -0.2) is 71.2 Å². The Morgan fingerprint density at radius 1 is 0.933 bits per heavy atom. The molecule has 1 N–H and O–H groups in total. The van der Waals surface area contributed by atoms with Crippen LogP contribution in [0.3, 0.4) is 0 Å². The molecule has 0 aliphatic carbocycles. The number of para-hydroxylation sites is 1. The van der Waals surface area contributed by atoms with E-state index in [1.54, 1.807) is 26.9 Å². The minimum absolute atomic E-state index is 0.132. The molecular weight excluding hydrogens is 566 g/mol. The number of ether oxygens (including phenoxy) is 1. The molecule has 3 heterocycles. The van der Waals surface area contributed by atoms with Gasteiger partial charge in [-0.25, -0.2) is 0 Å². The van der Waals surface area contributed by atoms with Crippen molar-refractivity contribution in [1.29, 1.82) is 0 Å². The number of aliphatic hydroxyl groups is 1. The summed E-state index contributed by atoms with van der Waals surface area (Å²) in [6, 6.07) is 22.2. The quantitative estimate of drug-likeness (QED) is 0.289. The summed E-state index contributed by atoms with van der Waals surface area (Å²) >= 11 is 0. The third-order valence-electron chi connectivity index (χ3n) is 10.0. The van der Waals surface area contributed by atoms with Crippen molar-refractivity contribution in [1.82, 2.24) is 4.90 Å². The smallest absolute Gasteiger partial charge is 0.253 e. The lowest BCUT2D eigenvalue weighted by atomic mass is 9.64. The predicted octanol–water partition coefficient (Wildman–Crippen LogP) is 5.12. The van der Waals surface area contributed by atoms with Crippen LogP contribution in [-0.2, 0) is 19.1 Å². The molecule has 3 saturated heterocycles. The van der Waals surface area contributed by atoms with Gasteiger partial charge in [0.1, 0.15) is 11.6 Å². The summed E-state index contributed by atoms with van der Waals surface area (Å²) in [6.45, 7) is 10.4. The molecule has 234 valence electrons. The molecule has 0 aromatic heterocycles. The van der Waals surface area contributed by atoms with E-state index in [-0.39, 0.29) is 44.0 Å². The number of anilines is 2. The monoisotopic (exact) mass is 607 g/mol. The van der Waals surface area contributed by atoms with Gasteiger partial charge in [0.05, 0.1) is 17.4 Å². The molecule has 8 heteroatoms. The lowest BCUT2D eigenvalue weighted by Crippen LogP contribution is -2.56. The molecule has 5 atom stereocenters. The first-order valence-corrected chi connectivity index (χ1v) is 15.9. The van der Waals surface area contributed by atoms with E-state index >= 15 is 0 Å². The maximum Gasteiger partial charge on any atom is 0.253 e. The van der Waals surface area contributed by atoms with Gasteiger partial charge in [-0.3, -0.25) is 14.4 Å². The van der Waals surface area contributed by atoms with E-state index in [1.807, 2.05) is 79.7 Å². The van der Waals surface area contributed by atoms with Crippen LogP contribution in [0.5, 0.6) is 0 Å². The largest absolute Gasteiger partial charge is 0.396 e. The Balaban J connectivity index is 1.44. The summed E-state index contributed by atoms with van der Waals surface area (Å²) in [4.78, 5) is 49.0. The first kappa shape index (κ1) is 30.7. The second-order valence-corrected chi connectivity index (χ2v) is 12.3. The molecule has 3 aliphatic heterocycles. The number of fused-ring (bicyclic) bond motifs is 2. The molecule has 2 unspecified atom stereocenters. The zero-order valence-corrected chi connectivity index (χ0v) is 25.8. The highest BCUT2D eigenvalue weighted by Crippen LogP contribution is 2.64. The lowest BCUT2D eigenvalue weighted by Gasteiger charge is -2.37. The average Bonchev–Trinajstić information content (AvgIpc) is 3.68. The minimum atomic E-state index is -1.17. The molecule has 0 saturated carbocycles. The molecule has 3 amide bonds. The zero-order chi connectivity index (χ0) is 31.8. The number of rotatable bonds is 12. The molecule has 3 aliphatic rings. The summed E-state index contributed by atoms with van der Waals surface area (Å²) in [7, 11) is 0. The third kappa shape index (κ3) is 4.87. The van der Waals surface area contributed by atoms with Crippen LogP contribution in [0, 0.1) is 11.8 Å². The number of benzene rings is 3. The van der Waals surface area contributed by atoms with Crippen molar-refractivity contribution in [3.63, 3.8) is 0 Å². The average molecular weight is 608 g/mol. The molecule has 0 radical (unpaired) electrons. The van der Waals surface area contributed by atoms with Crippen molar-refractivity contribution < 1.29 is 24.2 Å². The van der Waals surface area contributed by atoms with E-state index in [9.17, 15) is 19.5 Å². The second kappa shape index (κ2) is 12.3. The summed E-state index contributed by atoms with van der Waals surface area (Å²) in [5.74, 6) is -2.34. The van der Waals surface area contributed by atoms with Gasteiger partial charge in [0.2, 0.25) is 11.8 Å². The number of carbonyl (C=O) groups is 3. The normalized spacial score (nSPS) is 26.6. The van der Waals surface area contributed by atoms with E-state index in [0.717, 1.165) is 10.8 Å². The van der Waals surface area contributed by atoms with Gasteiger partial charge in [0.25, 0.3) is 5.91 Å². The van der Waals surface area contributed by atoms with Gasteiger partial charge in [-0.05, 0) is 60.7 Å². The number of nitrogens with zero attached hydrogens (tertiary/aromatic N) is 3. The Bertz CT molecular complexity index is 1620. The van der Waals surface area contributed by atoms with Gasteiger partial charge in [-0.1, -0.05) is 67.6 Å². The topological polar surface area (TPSA) is 90.4 Å². The van der Waals surface area contributed by atoms with Crippen molar-refractivity contribution in [2.45, 2.75) is 49.9 Å². The molecule has 2 bridgehead atoms. The van der Waals surface area contributed by atoms with Crippen molar-refractivity contribution in [2.75, 3.05) is 36.0 Å². The van der Waals surface area contributed by atoms with E-state index in [1.165, 1.54) is 0 Å². The number of hydrogen-bond donors (Lipinski definition) is 1. The summed E-state index contributed by atoms with van der Waals surface area (Å²) < 4.78 is 7.00. The number of hydrogen-bond acceptors (Lipinski definition) is 5. The zero-order valence-electron chi connectivity index (χ0n) is 25.8. The summed E-state index contributed by atoms with van der Waals surface area (Å²) in [5.41, 5.74) is -0.639. The van der Waals surface area contributed by atoms with Gasteiger partial charge < -0.3 is 24.5 Å². The van der Waals surface area contributed by atoms with Gasteiger partial charge in [0.15, 0.2) is 0 Å². The van der Waals surface area contributed by atoms with Crippen LogP contribution < -0.4 is 9.80 Å². The fourth-order valence-electron chi connectivity index (χ4n) is 8.03. The number of amides is 3. The second-order valence-electron chi connectivity index (χ2n) is 12.3. The predicted molar refractivity (Wildman–Crippen MR) is 176 cm³/mol. The van der Waals surface area contributed by atoms with Crippen LogP contribution in [0.15, 0.2) is 98.1 Å². The third-order valence-corrected chi connectivity index (χ3v) is 10.0. The van der Waals surface area contributed by atoms with Crippen molar-refractivity contribution in [3.05, 3.63) is 98.1 Å². The maximum atomic E-state index is 14.9. The lowest BCUT2D eigenvalue weighted by molar-refractivity contribution is -0.146. The molecule has 8 nitrogen and oxygen atoms in total. The Kier molecular flexibility index (Phi) is 8.37. The number of carbonyl (C=O) groups excluding carboxylic acids is 3. The van der Waals surface area contributed by atoms with Crippen molar-refractivity contribution >= 4 is 39.9 Å². The molecule has 6 rings (SSSR count). The standard InChI is InChI=1S/C37H41N3O5/c1-4-21-38(28-15-8-7-9-16-28)33(42)30-31-34(43)40(23-12-24-41)32(37(31)20-19-36(30,6-3)45-37)35(44)39(22-5-2)29-18-17-26-13-10-11-14-27(26)25-29/h4-5,7-11,13-18,25,30-32,41H,1-2,6,12,19-24H2,3H3/t30-,31-,32?,36+,37?/m0/s1. The maximum absolute atomic E-state index is 14.9. The number of aliphatic hydroxyl groups excluding tert-OH is 1. The molecule has 45 heavy (non-hydrogen) atoms. The molecular formula is C37H41N3O5. The first-order valence-electron chi connectivity index (χ1n) is 15.9. The fraction of sp³-hybridized carbons (Fsp3) is 0.378. The molecule has 3 aromatic rings. The van der Waals surface area contributed by atoms with Crippen LogP contribution in [0.25, 0.3) is 10.8 Å². The van der Waals surface area contributed by atoms with Gasteiger partial charge in [-0.2, -0.15) is 0 Å². The Labute approximate surface area is 264 Å². The fourth-order valence-corrected chi connectivity index (χ4v) is 8.03. The highest BCUT2D eigenvalue weighted by Gasteiger charge is 2.79. The summed E-state index contributed by atoms with van der Waals surface area (Å²) in [6.07, 6.45) is 5.25. The number of likely N-dealkylation sites (tertiary alicyclic amines) is 1. The molecule has 3 fully saturated rings. The van der Waals surface area contributed by atoms with E-state index in [2.05, 4.69) is 13.2 Å². The Morgan fingerprint density at radius 2 is 1.60 bits per heavy atom. The molecule has 3 aromatic carbocycles. The van der Waals surface area contributed by atoms with Gasteiger partial charge in [0, 0.05) is 37.6 Å². The van der Waals surface area contributed by atoms with Gasteiger partial charge in [-0.15, -0.1) is 13.2 Å². The van der Waals surface area contributed by atoms with Crippen molar-refractivity contribution in [2.24, 2.45) is 11.8 Å². The Morgan fingerprint density at radius 3 is 2.27 bits per heavy atom. The van der Waals surface area contributed by atoms with E-state index in [4.69, 9.17) is 4.74 Å². The van der Waals surface area contributed by atoms with E-state index < -0.39 is 29.1 Å². The van der Waals surface area contributed by atoms with Crippen molar-refractivity contribution in [3.8, 4) is 0 Å². The first-order chi connectivity index (χ1) is 21.9. The van der Waals surface area contributed by atoms with Gasteiger partial charge >= 0.3 is 0 Å². The van der Waals surface area contributed by atoms with Crippen LogP contribution in [0.2, 0.25) is 0 Å². The summed E-state index contributed by atoms with van der Waals surface area (Å²) in [5, 5.41) is 11.8. The molecule has 1 spiro atoms. The SMILES string of the molecule is C=CCN(C(=O)C1N(CCCO)C(=O)[C@@H]2[C@@H](C(=O)N(CC=C)c3ccccc3)[C@@]3(CC)CCC12O3)c1ccc2ccccc2c1. The van der Waals surface area contributed by atoms with Crippen LogP contribution >= 0.6 is 0 Å². The minimum Gasteiger partial charge on any atom is -0.396 e. The highest BCUT2D eigenvalue weighted by atomic mass is 16.5. The Hall–Kier alpha value is -4.27. The van der Waals surface area contributed by atoms with E-state index in [0.29, 0.717) is 37.1 Å².